The lowest BCUT2D eigenvalue weighted by molar-refractivity contribution is -0.134. The van der Waals surface area contributed by atoms with Gasteiger partial charge in [0.15, 0.2) is 0 Å². The second-order valence-corrected chi connectivity index (χ2v) is 5.28. The third-order valence-corrected chi connectivity index (χ3v) is 3.82. The molecule has 6 nitrogen and oxygen atoms in total. The molecule has 1 unspecified atom stereocenters. The number of nitrogens with zero attached hydrogens (tertiary/aromatic N) is 1. The molecule has 6 heteroatoms. The number of ether oxygens (including phenoxy) is 1. The molecule has 19 heavy (non-hydrogen) atoms. The van der Waals surface area contributed by atoms with Gasteiger partial charge in [0.2, 0.25) is 11.8 Å². The van der Waals surface area contributed by atoms with Gasteiger partial charge >= 0.3 is 0 Å². The van der Waals surface area contributed by atoms with Crippen molar-refractivity contribution in [3.8, 4) is 0 Å². The number of hydrogen-bond acceptors (Lipinski definition) is 4. The normalized spacial score (nSPS) is 20.0. The second kappa shape index (κ2) is 6.86. The number of nitrogens with one attached hydrogen (secondary N) is 1. The van der Waals surface area contributed by atoms with Gasteiger partial charge in [-0.15, -0.1) is 0 Å². The molecule has 1 aliphatic rings. The molecule has 1 atom stereocenters. The Morgan fingerprint density at radius 1 is 1.37 bits per heavy atom. The van der Waals surface area contributed by atoms with Gasteiger partial charge in [-0.3, -0.25) is 14.5 Å². The summed E-state index contributed by atoms with van der Waals surface area (Å²) < 4.78 is 5.23. The molecule has 0 spiro atoms. The fourth-order valence-electron chi connectivity index (χ4n) is 2.41. The number of carbonyl (C=O) groups excluding carboxylic acids is 2. The predicted octanol–water partition coefficient (Wildman–Crippen LogP) is -0.275. The first-order valence-corrected chi connectivity index (χ1v) is 6.83. The number of amides is 2. The number of carbonyl (C=O) groups is 2. The zero-order chi connectivity index (χ0) is 14.5. The number of hydrogen-bond donors (Lipinski definition) is 2. The van der Waals surface area contributed by atoms with Crippen LogP contribution in [-0.2, 0) is 14.3 Å². The van der Waals surface area contributed by atoms with Gasteiger partial charge in [0, 0.05) is 13.1 Å². The molecule has 2 amide bonds. The van der Waals surface area contributed by atoms with Crippen LogP contribution in [0, 0.1) is 5.92 Å². The fraction of sp³-hybridized carbons (Fsp3) is 0.846. The van der Waals surface area contributed by atoms with Crippen molar-refractivity contribution in [3.05, 3.63) is 0 Å². The van der Waals surface area contributed by atoms with Gasteiger partial charge < -0.3 is 15.8 Å². The maximum atomic E-state index is 12.1. The lowest BCUT2D eigenvalue weighted by Gasteiger charge is -2.35. The van der Waals surface area contributed by atoms with Crippen LogP contribution in [0.5, 0.6) is 0 Å². The standard InChI is InChI=1S/C13H25N3O3/c1-4-13(10(2)3,12(14)18)15-11(17)9-16-5-7-19-8-6-16/h10H,4-9H2,1-3H3,(H2,14,18)(H,15,17). The topological polar surface area (TPSA) is 84.7 Å². The van der Waals surface area contributed by atoms with E-state index in [9.17, 15) is 9.59 Å². The smallest absolute Gasteiger partial charge is 0.243 e. The monoisotopic (exact) mass is 271 g/mol. The Kier molecular flexibility index (Phi) is 5.75. The molecule has 0 bridgehead atoms. The summed E-state index contributed by atoms with van der Waals surface area (Å²) in [5.41, 5.74) is 4.52. The zero-order valence-corrected chi connectivity index (χ0v) is 12.1. The average Bonchev–Trinajstić information content (AvgIpc) is 2.36. The molecule has 1 saturated heterocycles. The van der Waals surface area contributed by atoms with Gasteiger partial charge in [0.25, 0.3) is 0 Å². The molecule has 1 heterocycles. The Morgan fingerprint density at radius 2 is 1.95 bits per heavy atom. The van der Waals surface area contributed by atoms with E-state index in [0.717, 1.165) is 13.1 Å². The largest absolute Gasteiger partial charge is 0.379 e. The van der Waals surface area contributed by atoms with E-state index >= 15 is 0 Å². The summed E-state index contributed by atoms with van der Waals surface area (Å²) >= 11 is 0. The summed E-state index contributed by atoms with van der Waals surface area (Å²) in [7, 11) is 0. The Balaban J connectivity index is 2.63. The number of nitrogens with two attached hydrogens (primary N) is 1. The van der Waals surface area contributed by atoms with Gasteiger partial charge in [-0.25, -0.2) is 0 Å². The van der Waals surface area contributed by atoms with Crippen LogP contribution < -0.4 is 11.1 Å². The van der Waals surface area contributed by atoms with Gasteiger partial charge in [-0.2, -0.15) is 0 Å². The highest BCUT2D eigenvalue weighted by atomic mass is 16.5. The Hall–Kier alpha value is -1.14. The molecular weight excluding hydrogens is 246 g/mol. The summed E-state index contributed by atoms with van der Waals surface area (Å²) in [5.74, 6) is -0.666. The van der Waals surface area contributed by atoms with Crippen molar-refractivity contribution < 1.29 is 14.3 Å². The molecular formula is C13H25N3O3. The highest BCUT2D eigenvalue weighted by Gasteiger charge is 2.39. The SMILES string of the molecule is CCC(NC(=O)CN1CCOCC1)(C(N)=O)C(C)C. The fourth-order valence-corrected chi connectivity index (χ4v) is 2.41. The molecule has 1 rings (SSSR count). The van der Waals surface area contributed by atoms with Crippen LogP contribution in [0.25, 0.3) is 0 Å². The van der Waals surface area contributed by atoms with Gasteiger partial charge in [0.1, 0.15) is 5.54 Å². The van der Waals surface area contributed by atoms with E-state index < -0.39 is 11.4 Å². The Bertz CT molecular complexity index is 327. The molecule has 110 valence electrons. The molecule has 0 aliphatic carbocycles. The van der Waals surface area contributed by atoms with E-state index in [1.165, 1.54) is 0 Å². The molecule has 1 aliphatic heterocycles. The highest BCUT2D eigenvalue weighted by Crippen LogP contribution is 2.20. The number of primary amides is 1. The molecule has 0 aromatic rings. The average molecular weight is 271 g/mol. The third kappa shape index (κ3) is 3.91. The van der Waals surface area contributed by atoms with Crippen LogP contribution in [0.3, 0.4) is 0 Å². The first-order valence-electron chi connectivity index (χ1n) is 6.83. The maximum absolute atomic E-state index is 12.1. The zero-order valence-electron chi connectivity index (χ0n) is 12.1. The van der Waals surface area contributed by atoms with Crippen LogP contribution in [0.4, 0.5) is 0 Å². The molecule has 0 saturated carbocycles. The first-order chi connectivity index (χ1) is 8.92. The van der Waals surface area contributed by atoms with E-state index in [-0.39, 0.29) is 18.4 Å². The van der Waals surface area contributed by atoms with Gasteiger partial charge in [-0.05, 0) is 12.3 Å². The number of rotatable bonds is 6. The molecule has 0 aromatic heterocycles. The van der Waals surface area contributed by atoms with Crippen LogP contribution in [0.15, 0.2) is 0 Å². The van der Waals surface area contributed by atoms with Crippen molar-refractivity contribution >= 4 is 11.8 Å². The minimum absolute atomic E-state index is 0.0383. The summed E-state index contributed by atoms with van der Waals surface area (Å²) in [6, 6.07) is 0. The van der Waals surface area contributed by atoms with E-state index in [2.05, 4.69) is 5.32 Å². The molecule has 0 radical (unpaired) electrons. The van der Waals surface area contributed by atoms with E-state index in [0.29, 0.717) is 19.6 Å². The van der Waals surface area contributed by atoms with Crippen molar-refractivity contribution in [2.75, 3.05) is 32.8 Å². The summed E-state index contributed by atoms with van der Waals surface area (Å²) in [6.45, 7) is 8.70. The van der Waals surface area contributed by atoms with Crippen molar-refractivity contribution in [1.29, 1.82) is 0 Å². The summed E-state index contributed by atoms with van der Waals surface area (Å²) in [6.07, 6.45) is 0.495. The Morgan fingerprint density at radius 3 is 2.37 bits per heavy atom. The second-order valence-electron chi connectivity index (χ2n) is 5.28. The van der Waals surface area contributed by atoms with Gasteiger partial charge in [-0.1, -0.05) is 20.8 Å². The van der Waals surface area contributed by atoms with Crippen molar-refractivity contribution in [1.82, 2.24) is 10.2 Å². The predicted molar refractivity (Wildman–Crippen MR) is 72.5 cm³/mol. The van der Waals surface area contributed by atoms with Gasteiger partial charge in [0.05, 0.1) is 19.8 Å². The number of morpholine rings is 1. The quantitative estimate of drug-likeness (QED) is 0.696. The first kappa shape index (κ1) is 15.9. The summed E-state index contributed by atoms with van der Waals surface area (Å²) in [4.78, 5) is 25.8. The van der Waals surface area contributed by atoms with Crippen LogP contribution in [0.1, 0.15) is 27.2 Å². The minimum Gasteiger partial charge on any atom is -0.379 e. The maximum Gasteiger partial charge on any atom is 0.243 e. The van der Waals surface area contributed by atoms with Crippen molar-refractivity contribution in [2.24, 2.45) is 11.7 Å². The Labute approximate surface area is 114 Å². The van der Waals surface area contributed by atoms with E-state index in [4.69, 9.17) is 10.5 Å². The van der Waals surface area contributed by atoms with Crippen LogP contribution in [0.2, 0.25) is 0 Å². The summed E-state index contributed by atoms with van der Waals surface area (Å²) in [5, 5.41) is 2.83. The van der Waals surface area contributed by atoms with E-state index in [1.807, 2.05) is 25.7 Å². The molecule has 3 N–H and O–H groups in total. The van der Waals surface area contributed by atoms with Crippen LogP contribution >= 0.6 is 0 Å². The van der Waals surface area contributed by atoms with Crippen molar-refractivity contribution in [2.45, 2.75) is 32.7 Å². The third-order valence-electron chi connectivity index (χ3n) is 3.82. The van der Waals surface area contributed by atoms with Crippen molar-refractivity contribution in [3.63, 3.8) is 0 Å². The minimum atomic E-state index is -0.955. The van der Waals surface area contributed by atoms with Crippen LogP contribution in [-0.4, -0.2) is 55.1 Å². The lowest BCUT2D eigenvalue weighted by atomic mass is 9.83. The highest BCUT2D eigenvalue weighted by molar-refractivity contribution is 5.91. The van der Waals surface area contributed by atoms with E-state index in [1.54, 1.807) is 0 Å². The molecule has 0 aromatic carbocycles. The molecule has 1 fully saturated rings. The lowest BCUT2D eigenvalue weighted by Crippen LogP contribution is -2.62.